The van der Waals surface area contributed by atoms with Crippen molar-refractivity contribution in [3.63, 3.8) is 0 Å². The highest BCUT2D eigenvalue weighted by atomic mass is 32.2. The number of aromatic nitrogens is 1. The molecule has 0 aliphatic carbocycles. The zero-order chi connectivity index (χ0) is 22.6. The Morgan fingerprint density at radius 3 is 2.60 bits per heavy atom. The highest BCUT2D eigenvalue weighted by Gasteiger charge is 2.54. The van der Waals surface area contributed by atoms with Gasteiger partial charge >= 0.3 is 12.1 Å². The lowest BCUT2D eigenvalue weighted by atomic mass is 9.76. The van der Waals surface area contributed by atoms with Crippen LogP contribution in [0.25, 0.3) is 0 Å². The number of hydrogen-bond acceptors (Lipinski definition) is 6. The van der Waals surface area contributed by atoms with E-state index in [2.05, 4.69) is 10.3 Å². The quantitative estimate of drug-likeness (QED) is 0.690. The monoisotopic (exact) mass is 453 g/mol. The number of pyridine rings is 1. The Labute approximate surface area is 171 Å². The highest BCUT2D eigenvalue weighted by Crippen LogP contribution is 2.41. The van der Waals surface area contributed by atoms with Crippen molar-refractivity contribution in [1.82, 2.24) is 14.6 Å². The molecule has 0 unspecified atom stereocenters. The van der Waals surface area contributed by atoms with Crippen LogP contribution in [0.15, 0.2) is 24.4 Å². The summed E-state index contributed by atoms with van der Waals surface area (Å²) >= 11 is 0. The van der Waals surface area contributed by atoms with E-state index in [1.54, 1.807) is 6.20 Å². The summed E-state index contributed by atoms with van der Waals surface area (Å²) < 4.78 is 62.5. The number of alkyl halides is 3. The molecule has 0 bridgehead atoms. The zero-order valence-corrected chi connectivity index (χ0v) is 16.9. The van der Waals surface area contributed by atoms with Gasteiger partial charge in [0.25, 0.3) is 0 Å². The second-order valence-corrected chi connectivity index (χ2v) is 8.94. The van der Waals surface area contributed by atoms with E-state index in [0.717, 1.165) is 5.69 Å². The third-order valence-corrected chi connectivity index (χ3v) is 6.15. The number of nitrogens with one attached hydrogen (secondary N) is 1. The molecule has 1 aromatic heterocycles. The van der Waals surface area contributed by atoms with Crippen LogP contribution in [0.4, 0.5) is 13.2 Å². The molecule has 1 amide bonds. The van der Waals surface area contributed by atoms with Crippen molar-refractivity contribution in [1.29, 1.82) is 0 Å². The number of fused-ring (bicyclic) bond motifs is 1. The maximum atomic E-state index is 12.8. The van der Waals surface area contributed by atoms with Crippen LogP contribution in [0.5, 0.6) is 0 Å². The molecule has 1 aromatic rings. The highest BCUT2D eigenvalue weighted by molar-refractivity contribution is 7.88. The lowest BCUT2D eigenvalue weighted by Gasteiger charge is -2.41. The second-order valence-electron chi connectivity index (χ2n) is 6.96. The number of aliphatic carboxylic acids is 1. The minimum absolute atomic E-state index is 0.154. The molecule has 2 aliphatic heterocycles. The number of amides is 1. The number of piperidine rings is 1. The molecule has 3 heterocycles. The molecular formula is C17H22F3N3O6S. The van der Waals surface area contributed by atoms with E-state index < -0.39 is 27.6 Å². The van der Waals surface area contributed by atoms with Crippen LogP contribution >= 0.6 is 0 Å². The van der Waals surface area contributed by atoms with Crippen molar-refractivity contribution in [2.75, 3.05) is 26.0 Å². The first-order valence-electron chi connectivity index (χ1n) is 8.91. The standard InChI is InChI=1S/C15H21N3O4S.C2HF3O2/c1-23(20,21)18-8-5-13-15(11-18,6-9-22-13)14(19)17-10-12-4-2-3-7-16-12;3-2(4,5)1(6)7/h2-4,7,13H,5-6,8-11H2,1H3,(H,17,19);(H,6,7)/t13-,15-;/m1./s1. The van der Waals surface area contributed by atoms with Gasteiger partial charge in [0.15, 0.2) is 0 Å². The number of ether oxygens (including phenoxy) is 1. The smallest absolute Gasteiger partial charge is 0.475 e. The van der Waals surface area contributed by atoms with Gasteiger partial charge in [-0.1, -0.05) is 6.07 Å². The fourth-order valence-electron chi connectivity index (χ4n) is 3.36. The molecule has 2 fully saturated rings. The van der Waals surface area contributed by atoms with Crippen molar-refractivity contribution in [2.24, 2.45) is 5.41 Å². The third kappa shape index (κ3) is 5.89. The number of carbonyl (C=O) groups excluding carboxylic acids is 1. The third-order valence-electron chi connectivity index (χ3n) is 4.90. The maximum Gasteiger partial charge on any atom is 0.490 e. The molecule has 0 saturated carbocycles. The van der Waals surface area contributed by atoms with Gasteiger partial charge in [-0.3, -0.25) is 9.78 Å². The first-order valence-corrected chi connectivity index (χ1v) is 10.8. The summed E-state index contributed by atoms with van der Waals surface area (Å²) in [6, 6.07) is 5.51. The molecular weight excluding hydrogens is 431 g/mol. The van der Waals surface area contributed by atoms with Gasteiger partial charge < -0.3 is 15.2 Å². The van der Waals surface area contributed by atoms with E-state index in [0.29, 0.717) is 32.5 Å². The normalized spacial score (nSPS) is 24.3. The first-order chi connectivity index (χ1) is 13.9. The number of hydrogen-bond donors (Lipinski definition) is 2. The summed E-state index contributed by atoms with van der Waals surface area (Å²) in [7, 11) is -3.32. The average Bonchev–Trinajstić information content (AvgIpc) is 3.10. The second kappa shape index (κ2) is 9.27. The van der Waals surface area contributed by atoms with E-state index in [4.69, 9.17) is 14.6 Å². The summed E-state index contributed by atoms with van der Waals surface area (Å²) in [4.78, 5) is 25.9. The Bertz CT molecular complexity index is 865. The molecule has 0 radical (unpaired) electrons. The summed E-state index contributed by atoms with van der Waals surface area (Å²) in [5, 5.41) is 10.0. The Kier molecular flexibility index (Phi) is 7.42. The van der Waals surface area contributed by atoms with Gasteiger partial charge in [0, 0.05) is 25.9 Å². The van der Waals surface area contributed by atoms with Crippen molar-refractivity contribution in [3.05, 3.63) is 30.1 Å². The summed E-state index contributed by atoms with van der Waals surface area (Å²) in [5.41, 5.74) is -0.0284. The molecule has 2 saturated heterocycles. The summed E-state index contributed by atoms with van der Waals surface area (Å²) in [6.07, 6.45) is -1.36. The van der Waals surface area contributed by atoms with E-state index >= 15 is 0 Å². The Morgan fingerprint density at radius 1 is 1.40 bits per heavy atom. The van der Waals surface area contributed by atoms with Gasteiger partial charge in [-0.05, 0) is 25.0 Å². The molecule has 2 atom stereocenters. The van der Waals surface area contributed by atoms with Gasteiger partial charge in [0.1, 0.15) is 0 Å². The Morgan fingerprint density at radius 2 is 2.07 bits per heavy atom. The van der Waals surface area contributed by atoms with E-state index in [1.807, 2.05) is 18.2 Å². The SMILES string of the molecule is CS(=O)(=O)N1CC[C@H]2OCC[C@@]2(C(=O)NCc2ccccn2)C1.O=C(O)C(F)(F)F. The summed E-state index contributed by atoms with van der Waals surface area (Å²) in [6.45, 7) is 1.40. The molecule has 2 aliphatic rings. The fraction of sp³-hybridized carbons (Fsp3) is 0.588. The number of carboxylic acid groups (broad SMARTS) is 1. The molecule has 168 valence electrons. The van der Waals surface area contributed by atoms with Gasteiger partial charge in [0.05, 0.1) is 30.0 Å². The van der Waals surface area contributed by atoms with Crippen LogP contribution < -0.4 is 5.32 Å². The fourth-order valence-corrected chi connectivity index (χ4v) is 4.27. The number of carbonyl (C=O) groups is 2. The van der Waals surface area contributed by atoms with Crippen molar-refractivity contribution >= 4 is 21.9 Å². The molecule has 9 nitrogen and oxygen atoms in total. The van der Waals surface area contributed by atoms with E-state index in [1.165, 1.54) is 10.6 Å². The van der Waals surface area contributed by atoms with E-state index in [-0.39, 0.29) is 18.6 Å². The molecule has 2 N–H and O–H groups in total. The Balaban J connectivity index is 0.000000396. The average molecular weight is 453 g/mol. The number of rotatable bonds is 4. The largest absolute Gasteiger partial charge is 0.490 e. The Hall–Kier alpha value is -2.25. The minimum Gasteiger partial charge on any atom is -0.475 e. The van der Waals surface area contributed by atoms with Gasteiger partial charge in [-0.2, -0.15) is 13.2 Å². The number of carboxylic acids is 1. The maximum absolute atomic E-state index is 12.8. The predicted molar refractivity (Wildman–Crippen MR) is 97.6 cm³/mol. The molecule has 3 rings (SSSR count). The summed E-state index contributed by atoms with van der Waals surface area (Å²) in [5.74, 6) is -2.91. The van der Waals surface area contributed by atoms with Crippen LogP contribution in [-0.2, 0) is 30.9 Å². The molecule has 0 spiro atoms. The van der Waals surface area contributed by atoms with E-state index in [9.17, 15) is 26.4 Å². The van der Waals surface area contributed by atoms with Crippen molar-refractivity contribution in [3.8, 4) is 0 Å². The van der Waals surface area contributed by atoms with Crippen molar-refractivity contribution < 1.29 is 41.0 Å². The van der Waals surface area contributed by atoms with Crippen LogP contribution in [0.3, 0.4) is 0 Å². The van der Waals surface area contributed by atoms with Gasteiger partial charge in [0.2, 0.25) is 15.9 Å². The van der Waals surface area contributed by atoms with Crippen LogP contribution in [0.2, 0.25) is 0 Å². The molecule has 0 aromatic carbocycles. The lowest BCUT2D eigenvalue weighted by molar-refractivity contribution is -0.192. The van der Waals surface area contributed by atoms with Crippen LogP contribution in [0, 0.1) is 5.41 Å². The predicted octanol–water partition coefficient (Wildman–Crippen LogP) is 0.772. The van der Waals surface area contributed by atoms with Crippen LogP contribution in [-0.4, -0.2) is 72.9 Å². The van der Waals surface area contributed by atoms with Gasteiger partial charge in [-0.25, -0.2) is 17.5 Å². The topological polar surface area (TPSA) is 126 Å². The number of halogens is 3. The number of nitrogens with zero attached hydrogens (tertiary/aromatic N) is 2. The first kappa shape index (κ1) is 24.0. The zero-order valence-electron chi connectivity index (χ0n) is 16.1. The number of sulfonamides is 1. The lowest BCUT2D eigenvalue weighted by Crippen LogP contribution is -2.57. The van der Waals surface area contributed by atoms with Crippen LogP contribution in [0.1, 0.15) is 18.5 Å². The van der Waals surface area contributed by atoms with Crippen molar-refractivity contribution in [2.45, 2.75) is 31.7 Å². The minimum atomic E-state index is -5.08. The molecule has 30 heavy (non-hydrogen) atoms. The van der Waals surface area contributed by atoms with Gasteiger partial charge in [-0.15, -0.1) is 0 Å². The molecule has 13 heteroatoms.